The van der Waals surface area contributed by atoms with Crippen LogP contribution in [-0.4, -0.2) is 40.1 Å². The number of aromatic nitrogens is 1. The highest BCUT2D eigenvalue weighted by Crippen LogP contribution is 2.38. The Morgan fingerprint density at radius 1 is 1.20 bits per heavy atom. The molecule has 0 fully saturated rings. The van der Waals surface area contributed by atoms with E-state index >= 15 is 0 Å². The Labute approximate surface area is 178 Å². The minimum atomic E-state index is -3.78. The topological polar surface area (TPSA) is 97.8 Å². The molecular formula is C20H19N3O5S2. The molecule has 30 heavy (non-hydrogen) atoms. The molecule has 0 saturated heterocycles. The number of fused-ring (bicyclic) bond motifs is 1. The van der Waals surface area contributed by atoms with Crippen LogP contribution in [-0.2, 0) is 14.8 Å². The highest BCUT2D eigenvalue weighted by molar-refractivity contribution is 7.93. The van der Waals surface area contributed by atoms with E-state index in [1.165, 1.54) is 35.5 Å². The molecule has 0 spiro atoms. The summed E-state index contributed by atoms with van der Waals surface area (Å²) in [6.45, 7) is 1.87. The second kappa shape index (κ2) is 7.62. The molecule has 8 nitrogen and oxygen atoms in total. The third kappa shape index (κ3) is 3.71. The fraction of sp³-hybridized carbons (Fsp3) is 0.200. The molecule has 0 aliphatic carbocycles. The third-order valence-electron chi connectivity index (χ3n) is 4.71. The first-order valence-corrected chi connectivity index (χ1v) is 11.3. The van der Waals surface area contributed by atoms with Crippen LogP contribution in [0.1, 0.15) is 4.88 Å². The van der Waals surface area contributed by atoms with E-state index in [4.69, 9.17) is 9.47 Å². The molecule has 0 atom stereocenters. The van der Waals surface area contributed by atoms with E-state index in [2.05, 4.69) is 9.71 Å². The zero-order chi connectivity index (χ0) is 21.5. The maximum absolute atomic E-state index is 12.7. The van der Waals surface area contributed by atoms with Crippen LogP contribution in [0.5, 0.6) is 11.5 Å². The second-order valence-corrected chi connectivity index (χ2v) is 9.51. The number of likely N-dealkylation sites (N-methyl/N-ethyl adjacent to an activating group) is 1. The highest BCUT2D eigenvalue weighted by Gasteiger charge is 2.24. The number of anilines is 2. The Bertz CT molecular complexity index is 1220. The number of hydrogen-bond acceptors (Lipinski definition) is 7. The summed E-state index contributed by atoms with van der Waals surface area (Å²) in [7, 11) is -0.579. The molecule has 2 heterocycles. The number of nitrogens with one attached hydrogen (secondary N) is 1. The molecule has 0 radical (unpaired) electrons. The van der Waals surface area contributed by atoms with Crippen molar-refractivity contribution in [2.75, 3.05) is 30.4 Å². The van der Waals surface area contributed by atoms with Crippen LogP contribution < -0.4 is 19.1 Å². The Morgan fingerprint density at radius 3 is 2.63 bits per heavy atom. The average molecular weight is 446 g/mol. The van der Waals surface area contributed by atoms with Gasteiger partial charge < -0.3 is 14.4 Å². The minimum absolute atomic E-state index is 0.00979. The fourth-order valence-corrected chi connectivity index (χ4v) is 5.13. The van der Waals surface area contributed by atoms with Crippen molar-refractivity contribution in [3.63, 3.8) is 0 Å². The first-order valence-electron chi connectivity index (χ1n) is 8.96. The highest BCUT2D eigenvalue weighted by atomic mass is 32.2. The molecule has 3 aromatic rings. The molecule has 156 valence electrons. The van der Waals surface area contributed by atoms with Crippen molar-refractivity contribution in [2.45, 2.75) is 11.8 Å². The lowest BCUT2D eigenvalue weighted by Gasteiger charge is -2.26. The number of nitrogens with zero attached hydrogens (tertiary/aromatic N) is 2. The molecule has 0 bridgehead atoms. The first kappa shape index (κ1) is 20.2. The molecule has 0 saturated carbocycles. The third-order valence-corrected chi connectivity index (χ3v) is 7.08. The van der Waals surface area contributed by atoms with Gasteiger partial charge in [-0.25, -0.2) is 13.4 Å². The second-order valence-electron chi connectivity index (χ2n) is 6.63. The van der Waals surface area contributed by atoms with Crippen molar-refractivity contribution in [2.24, 2.45) is 0 Å². The zero-order valence-electron chi connectivity index (χ0n) is 16.5. The predicted octanol–water partition coefficient (Wildman–Crippen LogP) is 3.28. The van der Waals surface area contributed by atoms with Gasteiger partial charge in [-0.1, -0.05) is 0 Å². The molecule has 4 rings (SSSR count). The molecule has 10 heteroatoms. The summed E-state index contributed by atoms with van der Waals surface area (Å²) in [4.78, 5) is 18.9. The lowest BCUT2D eigenvalue weighted by molar-refractivity contribution is -0.120. The van der Waals surface area contributed by atoms with Gasteiger partial charge in [-0.15, -0.1) is 11.3 Å². The number of carbonyl (C=O) groups is 1. The van der Waals surface area contributed by atoms with Crippen molar-refractivity contribution < 1.29 is 22.7 Å². The minimum Gasteiger partial charge on any atom is -0.497 e. The number of rotatable bonds is 5. The van der Waals surface area contributed by atoms with Crippen LogP contribution >= 0.6 is 11.3 Å². The van der Waals surface area contributed by atoms with E-state index in [0.29, 0.717) is 22.9 Å². The van der Waals surface area contributed by atoms with Gasteiger partial charge in [-0.05, 0) is 49.4 Å². The van der Waals surface area contributed by atoms with Gasteiger partial charge in [-0.2, -0.15) is 0 Å². The number of aryl methyl sites for hydroxylation is 1. The van der Waals surface area contributed by atoms with Crippen LogP contribution in [0.25, 0.3) is 11.3 Å². The number of sulfonamides is 1. The maximum Gasteiger partial charge on any atom is 0.264 e. The zero-order valence-corrected chi connectivity index (χ0v) is 18.1. The van der Waals surface area contributed by atoms with Crippen molar-refractivity contribution in [1.82, 2.24) is 4.98 Å². The summed E-state index contributed by atoms with van der Waals surface area (Å²) in [6, 6.07) is 11.5. The summed E-state index contributed by atoms with van der Waals surface area (Å²) in [5, 5.41) is 0.261. The Hall–Kier alpha value is -3.11. The van der Waals surface area contributed by atoms with Gasteiger partial charge in [0.2, 0.25) is 0 Å². The molecule has 2 aromatic carbocycles. The van der Waals surface area contributed by atoms with Gasteiger partial charge in [0, 0.05) is 17.5 Å². The van der Waals surface area contributed by atoms with E-state index in [1.807, 2.05) is 19.1 Å². The molecule has 1 aliphatic rings. The van der Waals surface area contributed by atoms with Crippen LogP contribution in [0, 0.1) is 6.92 Å². The lowest BCUT2D eigenvalue weighted by atomic mass is 10.1. The Morgan fingerprint density at radius 2 is 1.93 bits per heavy atom. The quantitative estimate of drug-likeness (QED) is 0.647. The standard InChI is InChI=1S/C20H19N3O5S2/c1-12-19(13-4-9-17-16(10-13)23(2)18(24)11-28-17)21-20(29-12)22-30(25,26)15-7-5-14(27-3)6-8-15/h4-10H,11H2,1-3H3,(H,21,22). The van der Waals surface area contributed by atoms with Crippen LogP contribution in [0.4, 0.5) is 10.8 Å². The van der Waals surface area contributed by atoms with Gasteiger partial charge in [0.1, 0.15) is 11.5 Å². The first-order chi connectivity index (χ1) is 14.3. The fourth-order valence-electron chi connectivity index (χ4n) is 3.06. The monoisotopic (exact) mass is 445 g/mol. The number of thiazole rings is 1. The van der Waals surface area contributed by atoms with Crippen LogP contribution in [0.2, 0.25) is 0 Å². The summed E-state index contributed by atoms with van der Waals surface area (Å²) in [5.74, 6) is 1.05. The largest absolute Gasteiger partial charge is 0.497 e. The molecule has 1 aliphatic heterocycles. The van der Waals surface area contributed by atoms with E-state index in [1.54, 1.807) is 25.2 Å². The Balaban J connectivity index is 1.63. The van der Waals surface area contributed by atoms with Crippen molar-refractivity contribution in [3.8, 4) is 22.8 Å². The van der Waals surface area contributed by atoms with E-state index < -0.39 is 10.0 Å². The number of carbonyl (C=O) groups excluding carboxylic acids is 1. The number of methoxy groups -OCH3 is 1. The number of benzene rings is 2. The van der Waals surface area contributed by atoms with Crippen molar-refractivity contribution in [1.29, 1.82) is 0 Å². The summed E-state index contributed by atoms with van der Waals surface area (Å²) in [5.41, 5.74) is 2.06. The van der Waals surface area contributed by atoms with Gasteiger partial charge in [0.25, 0.3) is 15.9 Å². The number of ether oxygens (including phenoxy) is 2. The number of hydrogen-bond donors (Lipinski definition) is 1. The lowest BCUT2D eigenvalue weighted by Crippen LogP contribution is -2.35. The average Bonchev–Trinajstić information content (AvgIpc) is 3.10. The maximum atomic E-state index is 12.7. The van der Waals surface area contributed by atoms with Gasteiger partial charge in [0.15, 0.2) is 11.7 Å². The van der Waals surface area contributed by atoms with Gasteiger partial charge in [0.05, 0.1) is 23.4 Å². The normalized spacial score (nSPS) is 13.6. The molecule has 1 amide bonds. The smallest absolute Gasteiger partial charge is 0.264 e. The van der Waals surface area contributed by atoms with Crippen molar-refractivity contribution >= 4 is 38.1 Å². The molecule has 0 unspecified atom stereocenters. The summed E-state index contributed by atoms with van der Waals surface area (Å²) < 4.78 is 38.4. The Kier molecular flexibility index (Phi) is 5.12. The van der Waals surface area contributed by atoms with E-state index in [9.17, 15) is 13.2 Å². The van der Waals surface area contributed by atoms with Crippen molar-refractivity contribution in [3.05, 3.63) is 47.3 Å². The van der Waals surface area contributed by atoms with E-state index in [0.717, 1.165) is 10.4 Å². The predicted molar refractivity (Wildman–Crippen MR) is 115 cm³/mol. The van der Waals surface area contributed by atoms with Crippen LogP contribution in [0.3, 0.4) is 0 Å². The SMILES string of the molecule is COc1ccc(S(=O)(=O)Nc2nc(-c3ccc4c(c3)N(C)C(=O)CO4)c(C)s2)cc1. The molecular weight excluding hydrogens is 426 g/mol. The summed E-state index contributed by atoms with van der Waals surface area (Å²) in [6.07, 6.45) is 0. The van der Waals surface area contributed by atoms with Gasteiger partial charge in [-0.3, -0.25) is 9.52 Å². The van der Waals surface area contributed by atoms with Gasteiger partial charge >= 0.3 is 0 Å². The van der Waals surface area contributed by atoms with E-state index in [-0.39, 0.29) is 22.5 Å². The number of amides is 1. The summed E-state index contributed by atoms with van der Waals surface area (Å²) >= 11 is 1.24. The van der Waals surface area contributed by atoms with Crippen LogP contribution in [0.15, 0.2) is 47.4 Å². The molecule has 1 N–H and O–H groups in total. The molecule has 1 aromatic heterocycles.